The molecule has 1 amide bonds. The van der Waals surface area contributed by atoms with Crippen molar-refractivity contribution in [3.05, 3.63) is 82.7 Å². The molecule has 4 aromatic rings. The summed E-state index contributed by atoms with van der Waals surface area (Å²) in [6, 6.07) is 11.0. The summed E-state index contributed by atoms with van der Waals surface area (Å²) < 4.78 is 29.8. The SMILES string of the molecule is Cc1ccc(-c2cnnc(-n3nc(C)c4c3NC(=O)C[C@@H]4c3cc(F)ccc3F)n2)cc1. The van der Waals surface area contributed by atoms with E-state index in [1.807, 2.05) is 31.2 Å². The summed E-state index contributed by atoms with van der Waals surface area (Å²) in [5.41, 5.74) is 3.82. The normalized spacial score (nSPS) is 15.4. The van der Waals surface area contributed by atoms with Crippen LogP contribution in [0.2, 0.25) is 0 Å². The zero-order chi connectivity index (χ0) is 22.4. The number of hydrogen-bond acceptors (Lipinski definition) is 5. The molecule has 0 unspecified atom stereocenters. The monoisotopic (exact) mass is 432 g/mol. The molecule has 0 bridgehead atoms. The molecule has 0 spiro atoms. The summed E-state index contributed by atoms with van der Waals surface area (Å²) in [6.45, 7) is 3.74. The molecule has 0 aliphatic carbocycles. The lowest BCUT2D eigenvalue weighted by Crippen LogP contribution is -2.25. The van der Waals surface area contributed by atoms with Crippen LogP contribution in [0.1, 0.15) is 34.7 Å². The number of aryl methyl sites for hydroxylation is 2. The second-order valence-electron chi connectivity index (χ2n) is 7.74. The molecule has 2 aromatic heterocycles. The van der Waals surface area contributed by atoms with Crippen LogP contribution in [-0.2, 0) is 4.79 Å². The lowest BCUT2D eigenvalue weighted by atomic mass is 9.85. The zero-order valence-electron chi connectivity index (χ0n) is 17.3. The van der Waals surface area contributed by atoms with Crippen molar-refractivity contribution < 1.29 is 13.6 Å². The first-order chi connectivity index (χ1) is 15.4. The van der Waals surface area contributed by atoms with E-state index in [1.165, 1.54) is 4.68 Å². The van der Waals surface area contributed by atoms with Gasteiger partial charge in [-0.3, -0.25) is 4.79 Å². The zero-order valence-corrected chi connectivity index (χ0v) is 17.3. The first-order valence-corrected chi connectivity index (χ1v) is 10.0. The summed E-state index contributed by atoms with van der Waals surface area (Å²) in [5, 5.41) is 15.4. The number of carbonyl (C=O) groups excluding carboxylic acids is 1. The molecular weight excluding hydrogens is 414 g/mol. The fraction of sp³-hybridized carbons (Fsp3) is 0.174. The molecule has 1 N–H and O–H groups in total. The van der Waals surface area contributed by atoms with Crippen LogP contribution in [0.25, 0.3) is 17.2 Å². The van der Waals surface area contributed by atoms with E-state index in [-0.39, 0.29) is 23.8 Å². The molecule has 0 saturated heterocycles. The molecule has 1 aliphatic rings. The highest BCUT2D eigenvalue weighted by Crippen LogP contribution is 2.40. The van der Waals surface area contributed by atoms with Crippen molar-refractivity contribution in [3.8, 4) is 17.2 Å². The highest BCUT2D eigenvalue weighted by atomic mass is 19.1. The molecule has 0 radical (unpaired) electrons. The van der Waals surface area contributed by atoms with Crippen molar-refractivity contribution in [2.45, 2.75) is 26.2 Å². The van der Waals surface area contributed by atoms with Crippen molar-refractivity contribution >= 4 is 11.7 Å². The number of aromatic nitrogens is 5. The van der Waals surface area contributed by atoms with E-state index >= 15 is 0 Å². The molecular formula is C23H18F2N6O. The Kier molecular flexibility index (Phi) is 4.73. The van der Waals surface area contributed by atoms with E-state index in [4.69, 9.17) is 0 Å². The first kappa shape index (κ1) is 19.9. The Balaban J connectivity index is 1.63. The van der Waals surface area contributed by atoms with E-state index < -0.39 is 17.6 Å². The van der Waals surface area contributed by atoms with Gasteiger partial charge in [-0.05, 0) is 37.6 Å². The summed E-state index contributed by atoms with van der Waals surface area (Å²) in [6.07, 6.45) is 1.52. The number of benzene rings is 2. The van der Waals surface area contributed by atoms with E-state index in [9.17, 15) is 13.6 Å². The third kappa shape index (κ3) is 3.41. The third-order valence-electron chi connectivity index (χ3n) is 5.52. The van der Waals surface area contributed by atoms with Gasteiger partial charge >= 0.3 is 0 Å². The highest BCUT2D eigenvalue weighted by Gasteiger charge is 2.34. The number of anilines is 1. The minimum absolute atomic E-state index is 0.0254. The Morgan fingerprint density at radius 1 is 1.09 bits per heavy atom. The minimum atomic E-state index is -0.684. The van der Waals surface area contributed by atoms with Gasteiger partial charge in [-0.2, -0.15) is 14.9 Å². The van der Waals surface area contributed by atoms with Gasteiger partial charge in [0.05, 0.1) is 17.6 Å². The van der Waals surface area contributed by atoms with E-state index in [1.54, 1.807) is 13.1 Å². The lowest BCUT2D eigenvalue weighted by Gasteiger charge is -2.24. The molecule has 1 aliphatic heterocycles. The van der Waals surface area contributed by atoms with Crippen LogP contribution in [0.15, 0.2) is 48.7 Å². The van der Waals surface area contributed by atoms with Gasteiger partial charge in [0.25, 0.3) is 5.95 Å². The van der Waals surface area contributed by atoms with Crippen LogP contribution in [-0.4, -0.2) is 30.9 Å². The predicted molar refractivity (Wildman–Crippen MR) is 113 cm³/mol. The van der Waals surface area contributed by atoms with Gasteiger partial charge in [-0.15, -0.1) is 5.10 Å². The molecule has 2 aromatic carbocycles. The molecule has 0 saturated carbocycles. The molecule has 32 heavy (non-hydrogen) atoms. The van der Waals surface area contributed by atoms with Crippen molar-refractivity contribution in [1.82, 2.24) is 25.0 Å². The topological polar surface area (TPSA) is 85.6 Å². The number of amides is 1. The van der Waals surface area contributed by atoms with Gasteiger partial charge in [0, 0.05) is 23.5 Å². The Morgan fingerprint density at radius 3 is 2.66 bits per heavy atom. The maximum Gasteiger partial charge on any atom is 0.272 e. The number of rotatable bonds is 3. The van der Waals surface area contributed by atoms with Gasteiger partial charge in [0.2, 0.25) is 5.91 Å². The Bertz CT molecular complexity index is 1350. The van der Waals surface area contributed by atoms with Crippen LogP contribution in [0.4, 0.5) is 14.6 Å². The summed E-state index contributed by atoms with van der Waals surface area (Å²) in [7, 11) is 0. The Labute approximate surface area is 182 Å². The third-order valence-corrected chi connectivity index (χ3v) is 5.52. The van der Waals surface area contributed by atoms with Crippen molar-refractivity contribution in [2.75, 3.05) is 5.32 Å². The van der Waals surface area contributed by atoms with Gasteiger partial charge in [0.15, 0.2) is 0 Å². The van der Waals surface area contributed by atoms with Crippen molar-refractivity contribution in [3.63, 3.8) is 0 Å². The second-order valence-corrected chi connectivity index (χ2v) is 7.74. The fourth-order valence-electron chi connectivity index (χ4n) is 3.99. The molecule has 160 valence electrons. The maximum absolute atomic E-state index is 14.5. The summed E-state index contributed by atoms with van der Waals surface area (Å²) in [5.74, 6) is -1.68. The van der Waals surface area contributed by atoms with Crippen LogP contribution in [0, 0.1) is 25.5 Å². The Hall–Kier alpha value is -4.01. The number of carbonyl (C=O) groups is 1. The molecule has 1 atom stereocenters. The average molecular weight is 432 g/mol. The quantitative estimate of drug-likeness (QED) is 0.527. The van der Waals surface area contributed by atoms with Gasteiger partial charge in [-0.1, -0.05) is 29.8 Å². The standard InChI is InChI=1S/C23H18F2N6O/c1-12-3-5-14(6-4-12)19-11-26-29-23(27-19)31-22-21(13(2)30-31)17(10-20(32)28-22)16-9-15(24)7-8-18(16)25/h3-9,11,17H,10H2,1-2H3,(H,28,32)/t17-/m1/s1. The van der Waals surface area contributed by atoms with Gasteiger partial charge in [0.1, 0.15) is 17.5 Å². The van der Waals surface area contributed by atoms with Crippen molar-refractivity contribution in [1.29, 1.82) is 0 Å². The van der Waals surface area contributed by atoms with E-state index in [0.29, 0.717) is 22.8 Å². The highest BCUT2D eigenvalue weighted by molar-refractivity contribution is 5.95. The molecule has 9 heteroatoms. The van der Waals surface area contributed by atoms with Crippen LogP contribution < -0.4 is 5.32 Å². The summed E-state index contributed by atoms with van der Waals surface area (Å²) in [4.78, 5) is 17.1. The molecule has 3 heterocycles. The fourth-order valence-corrected chi connectivity index (χ4v) is 3.99. The average Bonchev–Trinajstić information content (AvgIpc) is 3.11. The lowest BCUT2D eigenvalue weighted by molar-refractivity contribution is -0.116. The number of nitrogens with zero attached hydrogens (tertiary/aromatic N) is 5. The number of nitrogens with one attached hydrogen (secondary N) is 1. The summed E-state index contributed by atoms with van der Waals surface area (Å²) >= 11 is 0. The van der Waals surface area contributed by atoms with Crippen LogP contribution >= 0.6 is 0 Å². The molecule has 0 fully saturated rings. The van der Waals surface area contributed by atoms with Crippen LogP contribution in [0.3, 0.4) is 0 Å². The van der Waals surface area contributed by atoms with Gasteiger partial charge < -0.3 is 5.32 Å². The predicted octanol–water partition coefficient (Wildman–Crippen LogP) is 4.09. The Morgan fingerprint density at radius 2 is 1.88 bits per heavy atom. The largest absolute Gasteiger partial charge is 0.310 e. The van der Waals surface area contributed by atoms with Crippen LogP contribution in [0.5, 0.6) is 0 Å². The first-order valence-electron chi connectivity index (χ1n) is 10.0. The minimum Gasteiger partial charge on any atom is -0.310 e. The van der Waals surface area contributed by atoms with E-state index in [0.717, 1.165) is 29.3 Å². The number of halogens is 2. The van der Waals surface area contributed by atoms with E-state index in [2.05, 4.69) is 25.6 Å². The molecule has 5 rings (SSSR count). The maximum atomic E-state index is 14.5. The van der Waals surface area contributed by atoms with Crippen molar-refractivity contribution in [2.24, 2.45) is 0 Å². The smallest absolute Gasteiger partial charge is 0.272 e. The second kappa shape index (κ2) is 7.60. The van der Waals surface area contributed by atoms with Gasteiger partial charge in [-0.25, -0.2) is 13.8 Å². The molecule has 7 nitrogen and oxygen atoms in total. The number of fused-ring (bicyclic) bond motifs is 1. The number of hydrogen-bond donors (Lipinski definition) is 1.